The molecule has 2 N–H and O–H groups in total. The number of nitrogens with one attached hydrogen (secondary N) is 2. The standard InChI is InChI=1S/C22H24N6O4/c1-14-12-31-11-8-28(14)21-17-13-30-9-6-18(17)24-20(26-21)15-2-4-16(5-3-15)23-22(29)25-19-7-10-32-27-19/h2-5,7,10,14H,6,8-9,11-13H2,1H3,(H2,23,25,27,29). The number of hydrogen-bond donors (Lipinski definition) is 2. The fraction of sp³-hybridized carbons (Fsp3) is 0.364. The minimum Gasteiger partial charge on any atom is -0.377 e. The smallest absolute Gasteiger partial charge is 0.324 e. The minimum atomic E-state index is -0.403. The molecule has 3 aromatic rings. The highest BCUT2D eigenvalue weighted by molar-refractivity contribution is 5.99. The number of ether oxygens (including phenoxy) is 2. The molecular formula is C22H24N6O4. The maximum Gasteiger partial charge on any atom is 0.324 e. The van der Waals surface area contributed by atoms with E-state index in [1.165, 1.54) is 6.26 Å². The van der Waals surface area contributed by atoms with Crippen molar-refractivity contribution in [1.29, 1.82) is 0 Å². The van der Waals surface area contributed by atoms with Gasteiger partial charge in [-0.1, -0.05) is 5.16 Å². The van der Waals surface area contributed by atoms with Crippen molar-refractivity contribution in [2.75, 3.05) is 41.9 Å². The van der Waals surface area contributed by atoms with E-state index in [1.807, 2.05) is 24.3 Å². The number of nitrogens with zero attached hydrogens (tertiary/aromatic N) is 4. The van der Waals surface area contributed by atoms with Crippen LogP contribution in [0, 0.1) is 0 Å². The summed E-state index contributed by atoms with van der Waals surface area (Å²) >= 11 is 0. The average Bonchev–Trinajstić information content (AvgIpc) is 3.32. The normalized spacial score (nSPS) is 18.2. The summed E-state index contributed by atoms with van der Waals surface area (Å²) < 4.78 is 16.0. The number of morpholine rings is 1. The number of carbonyl (C=O) groups is 1. The molecule has 0 bridgehead atoms. The highest BCUT2D eigenvalue weighted by Crippen LogP contribution is 2.31. The van der Waals surface area contributed by atoms with Gasteiger partial charge in [0.05, 0.1) is 38.2 Å². The molecule has 1 atom stereocenters. The van der Waals surface area contributed by atoms with Gasteiger partial charge in [0.25, 0.3) is 0 Å². The van der Waals surface area contributed by atoms with Gasteiger partial charge < -0.3 is 24.2 Å². The molecule has 1 saturated heterocycles. The van der Waals surface area contributed by atoms with Crippen LogP contribution < -0.4 is 15.5 Å². The van der Waals surface area contributed by atoms with Crippen LogP contribution in [0.25, 0.3) is 11.4 Å². The maximum atomic E-state index is 12.1. The van der Waals surface area contributed by atoms with Gasteiger partial charge in [0.1, 0.15) is 12.1 Å². The molecule has 10 heteroatoms. The second kappa shape index (κ2) is 8.93. The van der Waals surface area contributed by atoms with Gasteiger partial charge in [-0.05, 0) is 31.2 Å². The molecule has 1 aromatic carbocycles. The van der Waals surface area contributed by atoms with E-state index in [-0.39, 0.29) is 6.04 Å². The Balaban J connectivity index is 1.39. The molecule has 0 saturated carbocycles. The Hall–Kier alpha value is -3.50. The predicted molar refractivity (Wildman–Crippen MR) is 118 cm³/mol. The lowest BCUT2D eigenvalue weighted by Crippen LogP contribution is -2.45. The summed E-state index contributed by atoms with van der Waals surface area (Å²) in [5.41, 5.74) is 3.62. The number of fused-ring (bicyclic) bond motifs is 1. The third kappa shape index (κ3) is 4.27. The Labute approximate surface area is 184 Å². The molecule has 0 radical (unpaired) electrons. The van der Waals surface area contributed by atoms with Crippen molar-refractivity contribution in [3.8, 4) is 11.4 Å². The summed E-state index contributed by atoms with van der Waals surface area (Å²) in [6.07, 6.45) is 2.15. The van der Waals surface area contributed by atoms with Crippen molar-refractivity contribution in [2.24, 2.45) is 0 Å². The first-order chi connectivity index (χ1) is 15.7. The second-order valence-corrected chi connectivity index (χ2v) is 7.76. The van der Waals surface area contributed by atoms with Gasteiger partial charge in [-0.25, -0.2) is 14.8 Å². The third-order valence-electron chi connectivity index (χ3n) is 5.52. The van der Waals surface area contributed by atoms with E-state index in [4.69, 9.17) is 24.0 Å². The molecule has 5 rings (SSSR count). The van der Waals surface area contributed by atoms with E-state index >= 15 is 0 Å². The molecule has 1 fully saturated rings. The summed E-state index contributed by atoms with van der Waals surface area (Å²) in [5, 5.41) is 9.01. The fourth-order valence-electron chi connectivity index (χ4n) is 3.88. The van der Waals surface area contributed by atoms with Crippen molar-refractivity contribution in [1.82, 2.24) is 15.1 Å². The largest absolute Gasteiger partial charge is 0.377 e. The van der Waals surface area contributed by atoms with Crippen LogP contribution in [0.1, 0.15) is 18.2 Å². The molecule has 0 spiro atoms. The van der Waals surface area contributed by atoms with E-state index in [1.54, 1.807) is 6.07 Å². The number of urea groups is 1. The maximum absolute atomic E-state index is 12.1. The monoisotopic (exact) mass is 436 g/mol. The van der Waals surface area contributed by atoms with Crippen LogP contribution in [0.15, 0.2) is 41.1 Å². The SMILES string of the molecule is CC1COCCN1c1nc(-c2ccc(NC(=O)Nc3ccon3)cc2)nc2c1COCC2. The lowest BCUT2D eigenvalue weighted by Gasteiger charge is -2.36. The summed E-state index contributed by atoms with van der Waals surface area (Å²) in [4.78, 5) is 24.1. The van der Waals surface area contributed by atoms with Crippen LogP contribution in [0.3, 0.4) is 0 Å². The molecule has 2 aromatic heterocycles. The van der Waals surface area contributed by atoms with E-state index < -0.39 is 6.03 Å². The van der Waals surface area contributed by atoms with Crippen LogP contribution in [0.4, 0.5) is 22.1 Å². The van der Waals surface area contributed by atoms with Crippen molar-refractivity contribution < 1.29 is 18.8 Å². The number of carbonyl (C=O) groups excluding carboxylic acids is 1. The average molecular weight is 436 g/mol. The zero-order valence-electron chi connectivity index (χ0n) is 17.7. The van der Waals surface area contributed by atoms with Crippen molar-refractivity contribution >= 4 is 23.4 Å². The lowest BCUT2D eigenvalue weighted by molar-refractivity contribution is 0.0952. The van der Waals surface area contributed by atoms with Crippen LogP contribution >= 0.6 is 0 Å². The zero-order chi connectivity index (χ0) is 21.9. The lowest BCUT2D eigenvalue weighted by atomic mass is 10.1. The summed E-state index contributed by atoms with van der Waals surface area (Å²) in [7, 11) is 0. The van der Waals surface area contributed by atoms with Gasteiger partial charge in [0, 0.05) is 35.8 Å². The van der Waals surface area contributed by atoms with Crippen molar-refractivity contribution in [3.05, 3.63) is 47.9 Å². The Morgan fingerprint density at radius 2 is 1.97 bits per heavy atom. The Morgan fingerprint density at radius 3 is 2.75 bits per heavy atom. The molecule has 10 nitrogen and oxygen atoms in total. The first-order valence-electron chi connectivity index (χ1n) is 10.6. The van der Waals surface area contributed by atoms with Crippen molar-refractivity contribution in [2.45, 2.75) is 26.0 Å². The number of benzene rings is 1. The van der Waals surface area contributed by atoms with Crippen LogP contribution in [-0.4, -0.2) is 53.6 Å². The fourth-order valence-corrected chi connectivity index (χ4v) is 3.88. The Morgan fingerprint density at radius 1 is 1.09 bits per heavy atom. The second-order valence-electron chi connectivity index (χ2n) is 7.76. The van der Waals surface area contributed by atoms with Crippen LogP contribution in [-0.2, 0) is 22.5 Å². The van der Waals surface area contributed by atoms with E-state index in [0.717, 1.165) is 35.6 Å². The molecule has 32 heavy (non-hydrogen) atoms. The first kappa shape index (κ1) is 20.4. The number of aromatic nitrogens is 3. The number of anilines is 3. The molecule has 2 amide bonds. The Kier molecular flexibility index (Phi) is 5.70. The predicted octanol–water partition coefficient (Wildman–Crippen LogP) is 3.07. The molecule has 4 heterocycles. The van der Waals surface area contributed by atoms with Crippen LogP contribution in [0.5, 0.6) is 0 Å². The van der Waals surface area contributed by atoms with E-state index in [2.05, 4.69) is 27.6 Å². The Bertz CT molecular complexity index is 1090. The van der Waals surface area contributed by atoms with Gasteiger partial charge in [-0.2, -0.15) is 0 Å². The van der Waals surface area contributed by atoms with Crippen LogP contribution in [0.2, 0.25) is 0 Å². The molecular weight excluding hydrogens is 412 g/mol. The first-order valence-corrected chi connectivity index (χ1v) is 10.6. The molecule has 1 unspecified atom stereocenters. The minimum absolute atomic E-state index is 0.229. The third-order valence-corrected chi connectivity index (χ3v) is 5.52. The van der Waals surface area contributed by atoms with Gasteiger partial charge in [0.2, 0.25) is 0 Å². The van der Waals surface area contributed by atoms with Gasteiger partial charge >= 0.3 is 6.03 Å². The summed E-state index contributed by atoms with van der Waals surface area (Å²) in [6.45, 7) is 5.46. The molecule has 0 aliphatic carbocycles. The quantitative estimate of drug-likeness (QED) is 0.641. The number of hydrogen-bond acceptors (Lipinski definition) is 8. The zero-order valence-corrected chi connectivity index (χ0v) is 17.7. The molecule has 166 valence electrons. The molecule has 2 aliphatic rings. The number of rotatable bonds is 4. The van der Waals surface area contributed by atoms with Gasteiger partial charge in [-0.3, -0.25) is 5.32 Å². The summed E-state index contributed by atoms with van der Waals surface area (Å²) in [6, 6.07) is 8.83. The highest BCUT2D eigenvalue weighted by atomic mass is 16.5. The van der Waals surface area contributed by atoms with E-state index in [0.29, 0.717) is 43.8 Å². The van der Waals surface area contributed by atoms with Crippen molar-refractivity contribution in [3.63, 3.8) is 0 Å². The highest BCUT2D eigenvalue weighted by Gasteiger charge is 2.27. The van der Waals surface area contributed by atoms with Gasteiger partial charge in [0.15, 0.2) is 11.6 Å². The van der Waals surface area contributed by atoms with E-state index in [9.17, 15) is 4.79 Å². The summed E-state index contributed by atoms with van der Waals surface area (Å²) in [5.74, 6) is 1.93. The number of amides is 2. The molecule has 2 aliphatic heterocycles. The van der Waals surface area contributed by atoms with Gasteiger partial charge in [-0.15, -0.1) is 0 Å². The topological polar surface area (TPSA) is 115 Å².